The first-order chi connectivity index (χ1) is 13.9. The van der Waals surface area contributed by atoms with Gasteiger partial charge in [-0.25, -0.2) is 0 Å². The van der Waals surface area contributed by atoms with Crippen molar-refractivity contribution < 1.29 is 18.6 Å². The van der Waals surface area contributed by atoms with Gasteiger partial charge in [0, 0.05) is 21.8 Å². The van der Waals surface area contributed by atoms with Crippen LogP contribution in [0, 0.1) is 17.8 Å². The molecular weight excluding hydrogens is 507 g/mol. The van der Waals surface area contributed by atoms with Crippen molar-refractivity contribution >= 4 is 30.9 Å². The maximum atomic E-state index is 6.99. The molecule has 0 unspecified atom stereocenters. The average molecular weight is 549 g/mol. The van der Waals surface area contributed by atoms with E-state index >= 15 is 0 Å². The summed E-state index contributed by atoms with van der Waals surface area (Å²) in [6, 6.07) is 7.97. The Morgan fingerprint density at radius 2 is 1.77 bits per heavy atom. The van der Waals surface area contributed by atoms with Crippen molar-refractivity contribution in [1.29, 1.82) is 0 Å². The third kappa shape index (κ3) is 6.21. The summed E-state index contributed by atoms with van der Waals surface area (Å²) >= 11 is 2.49. The van der Waals surface area contributed by atoms with Crippen LogP contribution in [0.25, 0.3) is 0 Å². The molecular formula is C24H41IO4Si. The lowest BCUT2D eigenvalue weighted by Gasteiger charge is -2.46. The topological polar surface area (TPSA) is 36.9 Å². The monoisotopic (exact) mass is 548 g/mol. The Labute approximate surface area is 198 Å². The van der Waals surface area contributed by atoms with Crippen LogP contribution in [-0.2, 0) is 13.9 Å². The van der Waals surface area contributed by atoms with Gasteiger partial charge >= 0.3 is 0 Å². The third-order valence-corrected chi connectivity index (χ3v) is 12.7. The molecule has 0 amide bonds. The Kier molecular flexibility index (Phi) is 9.26. The highest BCUT2D eigenvalue weighted by atomic mass is 127. The van der Waals surface area contributed by atoms with Crippen molar-refractivity contribution in [3.63, 3.8) is 0 Å². The van der Waals surface area contributed by atoms with E-state index in [9.17, 15) is 0 Å². The molecule has 2 rings (SSSR count). The molecule has 0 radical (unpaired) electrons. The molecule has 1 aliphatic heterocycles. The van der Waals surface area contributed by atoms with Gasteiger partial charge in [-0.05, 0) is 36.2 Å². The summed E-state index contributed by atoms with van der Waals surface area (Å²) in [6.45, 7) is 19.2. The van der Waals surface area contributed by atoms with E-state index in [-0.39, 0.29) is 29.5 Å². The molecule has 0 aliphatic carbocycles. The van der Waals surface area contributed by atoms with Crippen LogP contribution in [0.4, 0.5) is 0 Å². The smallest absolute Gasteiger partial charge is 0.192 e. The highest BCUT2D eigenvalue weighted by Crippen LogP contribution is 2.42. The van der Waals surface area contributed by atoms with E-state index < -0.39 is 8.32 Å². The van der Waals surface area contributed by atoms with Gasteiger partial charge in [0.05, 0.1) is 25.9 Å². The predicted molar refractivity (Wildman–Crippen MR) is 135 cm³/mol. The summed E-state index contributed by atoms with van der Waals surface area (Å²) in [5.74, 6) is 1.91. The van der Waals surface area contributed by atoms with E-state index in [0.29, 0.717) is 18.4 Å². The van der Waals surface area contributed by atoms with Gasteiger partial charge in [-0.2, -0.15) is 0 Å². The van der Waals surface area contributed by atoms with Gasteiger partial charge in [0.1, 0.15) is 5.75 Å². The Balaban J connectivity index is 2.22. The molecule has 1 aromatic carbocycles. The van der Waals surface area contributed by atoms with Gasteiger partial charge in [-0.3, -0.25) is 0 Å². The zero-order valence-electron chi connectivity index (χ0n) is 20.2. The highest BCUT2D eigenvalue weighted by Gasteiger charge is 2.44. The summed E-state index contributed by atoms with van der Waals surface area (Å²) in [6.07, 6.45) is -0.0844. The molecule has 4 nitrogen and oxygen atoms in total. The van der Waals surface area contributed by atoms with Crippen molar-refractivity contribution in [2.24, 2.45) is 17.8 Å². The summed E-state index contributed by atoms with van der Waals surface area (Å²) in [4.78, 5) is 0. The molecule has 6 heteroatoms. The normalized spacial score (nSPS) is 26.1. The quantitative estimate of drug-likeness (QED) is 0.203. The van der Waals surface area contributed by atoms with Crippen molar-refractivity contribution in [3.8, 4) is 5.75 Å². The third-order valence-electron chi connectivity index (χ3n) is 6.82. The number of alkyl halides is 1. The second-order valence-electron chi connectivity index (χ2n) is 10.3. The van der Waals surface area contributed by atoms with Gasteiger partial charge in [-0.1, -0.05) is 76.3 Å². The van der Waals surface area contributed by atoms with Gasteiger partial charge in [-0.15, -0.1) is 0 Å². The van der Waals surface area contributed by atoms with Crippen LogP contribution in [0.5, 0.6) is 5.75 Å². The number of ether oxygens (including phenoxy) is 3. The van der Waals surface area contributed by atoms with Crippen molar-refractivity contribution in [2.45, 2.75) is 78.2 Å². The van der Waals surface area contributed by atoms with Gasteiger partial charge in [0.2, 0.25) is 0 Å². The van der Waals surface area contributed by atoms with Crippen LogP contribution in [0.3, 0.4) is 0 Å². The van der Waals surface area contributed by atoms with Crippen LogP contribution >= 0.6 is 22.6 Å². The molecule has 6 atom stereocenters. The fourth-order valence-electron chi connectivity index (χ4n) is 3.76. The van der Waals surface area contributed by atoms with E-state index in [1.807, 2.05) is 24.3 Å². The molecule has 1 saturated heterocycles. The van der Waals surface area contributed by atoms with Crippen LogP contribution in [0.15, 0.2) is 24.3 Å². The van der Waals surface area contributed by atoms with E-state index in [2.05, 4.69) is 77.2 Å². The van der Waals surface area contributed by atoms with Gasteiger partial charge in [0.15, 0.2) is 14.6 Å². The second kappa shape index (κ2) is 10.6. The number of rotatable bonds is 8. The first-order valence-electron chi connectivity index (χ1n) is 11.1. The van der Waals surface area contributed by atoms with E-state index in [4.69, 9.17) is 18.6 Å². The maximum absolute atomic E-state index is 6.99. The van der Waals surface area contributed by atoms with Crippen molar-refractivity contribution in [1.82, 2.24) is 0 Å². The molecule has 0 spiro atoms. The van der Waals surface area contributed by atoms with Crippen molar-refractivity contribution in [3.05, 3.63) is 29.8 Å². The molecule has 1 fully saturated rings. The van der Waals surface area contributed by atoms with Crippen molar-refractivity contribution in [2.75, 3.05) is 18.1 Å². The fraction of sp³-hybridized carbons (Fsp3) is 0.750. The Morgan fingerprint density at radius 3 is 2.27 bits per heavy atom. The summed E-state index contributed by atoms with van der Waals surface area (Å²) in [5, 5.41) is 0.184. The van der Waals surface area contributed by atoms with Crippen LogP contribution in [-0.4, -0.2) is 38.7 Å². The SMILES string of the molecule is COc1ccc([C@H]2OC[C@H](C)[C@@H]([C@@H](C)[C@H](O[Si](C)(C)C(C)(C)C)[C@@H](C)CI)O2)cc1. The second-order valence-corrected chi connectivity index (χ2v) is 16.0. The van der Waals surface area contributed by atoms with Crippen LogP contribution < -0.4 is 4.74 Å². The molecule has 0 N–H and O–H groups in total. The zero-order valence-corrected chi connectivity index (χ0v) is 23.4. The zero-order chi connectivity index (χ0) is 22.7. The van der Waals surface area contributed by atoms with Gasteiger partial charge < -0.3 is 18.6 Å². The lowest BCUT2D eigenvalue weighted by atomic mass is 9.84. The van der Waals surface area contributed by atoms with Crippen LogP contribution in [0.1, 0.15) is 53.4 Å². The summed E-state index contributed by atoms with van der Waals surface area (Å²) in [7, 11) is -0.212. The minimum atomic E-state index is -1.89. The molecule has 1 heterocycles. The summed E-state index contributed by atoms with van der Waals surface area (Å²) in [5.41, 5.74) is 1.03. The fourth-order valence-corrected chi connectivity index (χ4v) is 5.74. The molecule has 172 valence electrons. The molecule has 1 aromatic rings. The highest BCUT2D eigenvalue weighted by molar-refractivity contribution is 14.1. The van der Waals surface area contributed by atoms with E-state index in [0.717, 1.165) is 15.7 Å². The first-order valence-corrected chi connectivity index (χ1v) is 15.5. The number of methoxy groups -OCH3 is 1. The van der Waals surface area contributed by atoms with E-state index in [1.54, 1.807) is 7.11 Å². The Hall–Kier alpha value is -0.153. The average Bonchev–Trinajstić information content (AvgIpc) is 2.70. The Morgan fingerprint density at radius 1 is 1.17 bits per heavy atom. The molecule has 30 heavy (non-hydrogen) atoms. The van der Waals surface area contributed by atoms with E-state index in [1.165, 1.54) is 0 Å². The molecule has 0 saturated carbocycles. The number of hydrogen-bond acceptors (Lipinski definition) is 4. The largest absolute Gasteiger partial charge is 0.497 e. The minimum absolute atomic E-state index is 0.0889. The molecule has 0 aromatic heterocycles. The minimum Gasteiger partial charge on any atom is -0.497 e. The molecule has 1 aliphatic rings. The lowest BCUT2D eigenvalue weighted by Crippen LogP contribution is -2.51. The Bertz CT molecular complexity index is 658. The molecule has 0 bridgehead atoms. The summed E-state index contributed by atoms with van der Waals surface area (Å²) < 4.78 is 26.0. The number of halogens is 1. The van der Waals surface area contributed by atoms with Crippen LogP contribution in [0.2, 0.25) is 18.1 Å². The number of benzene rings is 1. The first kappa shape index (κ1) is 26.1. The van der Waals surface area contributed by atoms with Gasteiger partial charge in [0.25, 0.3) is 0 Å². The standard InChI is InChI=1S/C24H41IO4Si/c1-16(14-25)22(29-30(8,9)24(4,5)6)18(3)21-17(2)15-27-23(28-21)19-10-12-20(26-7)13-11-19/h10-13,16-18,21-23H,14-15H2,1-9H3/t16-,17-,18+,21-,22+,23-/m0/s1. The lowest BCUT2D eigenvalue weighted by molar-refractivity contribution is -0.256. The number of hydrogen-bond donors (Lipinski definition) is 0. The maximum Gasteiger partial charge on any atom is 0.192 e. The predicted octanol–water partition coefficient (Wildman–Crippen LogP) is 6.84.